The van der Waals surface area contributed by atoms with Crippen LogP contribution in [0.15, 0.2) is 42.5 Å². The fourth-order valence-corrected chi connectivity index (χ4v) is 2.50. The van der Waals surface area contributed by atoms with Crippen molar-refractivity contribution < 1.29 is 4.79 Å². The number of aromatic amines is 1. The van der Waals surface area contributed by atoms with Gasteiger partial charge in [-0.2, -0.15) is 0 Å². The summed E-state index contributed by atoms with van der Waals surface area (Å²) in [6.45, 7) is 4.13. The number of hydrogen-bond acceptors (Lipinski definition) is 1. The average molecular weight is 249 g/mol. The smallest absolute Gasteiger partial charge is 0.152 e. The number of benzene rings is 2. The molecule has 2 heteroatoms. The van der Waals surface area contributed by atoms with E-state index in [2.05, 4.69) is 37.0 Å². The van der Waals surface area contributed by atoms with E-state index in [9.17, 15) is 4.79 Å². The van der Waals surface area contributed by atoms with Crippen molar-refractivity contribution in [2.75, 3.05) is 0 Å². The van der Waals surface area contributed by atoms with E-state index in [4.69, 9.17) is 0 Å². The number of H-pyrrole nitrogens is 1. The minimum absolute atomic E-state index is 0.740. The Morgan fingerprint density at radius 2 is 1.84 bits per heavy atom. The molecule has 0 unspecified atom stereocenters. The highest BCUT2D eigenvalue weighted by molar-refractivity contribution is 6.04. The lowest BCUT2D eigenvalue weighted by molar-refractivity contribution is 0.112. The van der Waals surface area contributed by atoms with E-state index in [0.29, 0.717) is 0 Å². The van der Waals surface area contributed by atoms with Crippen molar-refractivity contribution in [3.8, 4) is 11.3 Å². The number of aromatic nitrogens is 1. The van der Waals surface area contributed by atoms with Crippen LogP contribution >= 0.6 is 0 Å². The van der Waals surface area contributed by atoms with Crippen LogP contribution in [-0.4, -0.2) is 11.3 Å². The lowest BCUT2D eigenvalue weighted by Crippen LogP contribution is -1.89. The largest absolute Gasteiger partial charge is 0.354 e. The molecule has 0 aliphatic heterocycles. The first-order chi connectivity index (χ1) is 9.20. The number of hydrogen-bond donors (Lipinski definition) is 1. The summed E-state index contributed by atoms with van der Waals surface area (Å²) in [5.74, 6) is 0. The maximum atomic E-state index is 11.5. The van der Waals surface area contributed by atoms with Crippen LogP contribution in [0.3, 0.4) is 0 Å². The molecule has 0 fully saturated rings. The third-order valence-electron chi connectivity index (χ3n) is 3.53. The summed E-state index contributed by atoms with van der Waals surface area (Å²) < 4.78 is 0. The first kappa shape index (κ1) is 11.7. The summed E-state index contributed by atoms with van der Waals surface area (Å²) in [5, 5.41) is 0.980. The average Bonchev–Trinajstić information content (AvgIpc) is 2.79. The molecule has 2 aromatic carbocycles. The summed E-state index contributed by atoms with van der Waals surface area (Å²) in [5.41, 5.74) is 6.11. The predicted octanol–water partition coefficient (Wildman–Crippen LogP) is 4.26. The molecule has 0 spiro atoms. The number of aldehydes is 1. The first-order valence-corrected chi connectivity index (χ1v) is 6.34. The summed E-state index contributed by atoms with van der Waals surface area (Å²) in [6.07, 6.45) is 0.940. The fourth-order valence-electron chi connectivity index (χ4n) is 2.50. The molecule has 0 saturated heterocycles. The minimum atomic E-state index is 0.740. The maximum absolute atomic E-state index is 11.5. The van der Waals surface area contributed by atoms with Crippen LogP contribution in [0.4, 0.5) is 0 Å². The van der Waals surface area contributed by atoms with Crippen LogP contribution in [0, 0.1) is 13.8 Å². The van der Waals surface area contributed by atoms with E-state index >= 15 is 0 Å². The van der Waals surface area contributed by atoms with Crippen molar-refractivity contribution >= 4 is 17.2 Å². The highest BCUT2D eigenvalue weighted by Crippen LogP contribution is 2.31. The minimum Gasteiger partial charge on any atom is -0.354 e. The molecule has 2 nitrogen and oxygen atoms in total. The van der Waals surface area contributed by atoms with Gasteiger partial charge >= 0.3 is 0 Å². The Hall–Kier alpha value is -2.35. The number of nitrogens with one attached hydrogen (secondary N) is 1. The predicted molar refractivity (Wildman–Crippen MR) is 78.6 cm³/mol. The number of rotatable bonds is 2. The zero-order valence-electron chi connectivity index (χ0n) is 11.0. The molecule has 0 atom stereocenters. The van der Waals surface area contributed by atoms with E-state index in [-0.39, 0.29) is 0 Å². The third kappa shape index (κ3) is 1.85. The van der Waals surface area contributed by atoms with Crippen molar-refractivity contribution in [2.45, 2.75) is 13.8 Å². The third-order valence-corrected chi connectivity index (χ3v) is 3.53. The molecule has 0 bridgehead atoms. The normalized spacial score (nSPS) is 10.8. The topological polar surface area (TPSA) is 32.9 Å². The van der Waals surface area contributed by atoms with Crippen molar-refractivity contribution in [1.29, 1.82) is 0 Å². The Bertz CT molecular complexity index is 768. The van der Waals surface area contributed by atoms with Gasteiger partial charge in [0.05, 0.1) is 5.69 Å². The van der Waals surface area contributed by atoms with Gasteiger partial charge < -0.3 is 4.98 Å². The van der Waals surface area contributed by atoms with E-state index in [1.807, 2.05) is 24.3 Å². The van der Waals surface area contributed by atoms with Gasteiger partial charge in [-0.15, -0.1) is 0 Å². The molecule has 0 aliphatic rings. The number of aryl methyl sites for hydroxylation is 2. The van der Waals surface area contributed by atoms with E-state index in [0.717, 1.165) is 34.0 Å². The molecule has 3 aromatic rings. The second-order valence-electron chi connectivity index (χ2n) is 4.90. The van der Waals surface area contributed by atoms with E-state index < -0.39 is 0 Å². The van der Waals surface area contributed by atoms with Crippen molar-refractivity contribution in [1.82, 2.24) is 4.98 Å². The van der Waals surface area contributed by atoms with Gasteiger partial charge in [-0.05, 0) is 31.5 Å². The van der Waals surface area contributed by atoms with Crippen LogP contribution in [0.5, 0.6) is 0 Å². The Kier molecular flexibility index (Phi) is 2.71. The molecule has 94 valence electrons. The van der Waals surface area contributed by atoms with E-state index in [1.54, 1.807) is 0 Å². The van der Waals surface area contributed by atoms with Crippen molar-refractivity contribution in [2.24, 2.45) is 0 Å². The van der Waals surface area contributed by atoms with Gasteiger partial charge in [-0.1, -0.05) is 35.9 Å². The zero-order valence-corrected chi connectivity index (χ0v) is 11.0. The van der Waals surface area contributed by atoms with E-state index in [1.165, 1.54) is 11.1 Å². The van der Waals surface area contributed by atoms with Gasteiger partial charge in [0.15, 0.2) is 6.29 Å². The Balaban J connectivity index is 2.36. The van der Waals surface area contributed by atoms with Gasteiger partial charge in [0.1, 0.15) is 0 Å². The molecule has 0 aliphatic carbocycles. The fraction of sp³-hybridized carbons (Fsp3) is 0.118. The van der Waals surface area contributed by atoms with Crippen LogP contribution < -0.4 is 0 Å². The van der Waals surface area contributed by atoms with Gasteiger partial charge in [0.2, 0.25) is 0 Å². The Morgan fingerprint density at radius 1 is 1.05 bits per heavy atom. The molecule has 1 aromatic heterocycles. The van der Waals surface area contributed by atoms with Gasteiger partial charge in [-0.25, -0.2) is 0 Å². The van der Waals surface area contributed by atoms with Crippen LogP contribution in [-0.2, 0) is 0 Å². The van der Waals surface area contributed by atoms with Crippen molar-refractivity contribution in [3.63, 3.8) is 0 Å². The number of para-hydroxylation sites is 1. The standard InChI is InChI=1S/C17H15NO/c1-11-7-8-12(2)14(9-11)17-15(10-19)13-5-3-4-6-16(13)18-17/h3-10,18H,1-2H3. The second kappa shape index (κ2) is 4.39. The molecule has 0 radical (unpaired) electrons. The summed E-state index contributed by atoms with van der Waals surface area (Å²) >= 11 is 0. The maximum Gasteiger partial charge on any atom is 0.152 e. The molecule has 1 heterocycles. The molecule has 0 amide bonds. The molecular weight excluding hydrogens is 234 g/mol. The summed E-state index contributed by atoms with van der Waals surface area (Å²) in [4.78, 5) is 14.8. The Morgan fingerprint density at radius 3 is 2.63 bits per heavy atom. The number of carbonyl (C=O) groups is 1. The lowest BCUT2D eigenvalue weighted by Gasteiger charge is -2.06. The zero-order chi connectivity index (χ0) is 13.4. The number of fused-ring (bicyclic) bond motifs is 1. The monoisotopic (exact) mass is 249 g/mol. The van der Waals surface area contributed by atoms with Gasteiger partial charge in [0, 0.05) is 22.0 Å². The molecular formula is C17H15NO. The quantitative estimate of drug-likeness (QED) is 0.676. The highest BCUT2D eigenvalue weighted by atomic mass is 16.1. The summed E-state index contributed by atoms with van der Waals surface area (Å²) in [7, 11) is 0. The Labute approximate surface area is 112 Å². The molecule has 19 heavy (non-hydrogen) atoms. The van der Waals surface area contributed by atoms with Crippen molar-refractivity contribution in [3.05, 3.63) is 59.2 Å². The van der Waals surface area contributed by atoms with Crippen LogP contribution in [0.2, 0.25) is 0 Å². The second-order valence-corrected chi connectivity index (χ2v) is 4.90. The molecule has 1 N–H and O–H groups in total. The first-order valence-electron chi connectivity index (χ1n) is 6.34. The highest BCUT2D eigenvalue weighted by Gasteiger charge is 2.13. The van der Waals surface area contributed by atoms with Gasteiger partial charge in [0.25, 0.3) is 0 Å². The molecule has 3 rings (SSSR count). The van der Waals surface area contributed by atoms with Crippen LogP contribution in [0.25, 0.3) is 22.2 Å². The SMILES string of the molecule is Cc1ccc(C)c(-c2[nH]c3ccccc3c2C=O)c1. The van der Waals surface area contributed by atoms with Crippen LogP contribution in [0.1, 0.15) is 21.5 Å². The lowest BCUT2D eigenvalue weighted by atomic mass is 10.00. The van der Waals surface area contributed by atoms with Gasteiger partial charge in [-0.3, -0.25) is 4.79 Å². The molecule has 0 saturated carbocycles. The summed E-state index contributed by atoms with van der Waals surface area (Å²) in [6, 6.07) is 14.2. The number of carbonyl (C=O) groups excluding carboxylic acids is 1.